The summed E-state index contributed by atoms with van der Waals surface area (Å²) in [5.41, 5.74) is 3.91. The molecular weight excluding hydrogens is 456 g/mol. The molecule has 2 amide bonds. The fraction of sp³-hybridized carbons (Fsp3) is 0.321. The van der Waals surface area contributed by atoms with Crippen LogP contribution >= 0.6 is 11.8 Å². The van der Waals surface area contributed by atoms with Crippen molar-refractivity contribution in [2.24, 2.45) is 5.92 Å². The number of nitrogens with one attached hydrogen (secondary N) is 1. The molecule has 0 bridgehead atoms. The molecule has 1 fully saturated rings. The van der Waals surface area contributed by atoms with Crippen molar-refractivity contribution >= 4 is 29.3 Å². The van der Waals surface area contributed by atoms with Crippen LogP contribution in [-0.4, -0.2) is 47.9 Å². The number of rotatable bonds is 6. The maximum atomic E-state index is 13.3. The van der Waals surface area contributed by atoms with Gasteiger partial charge in [-0.05, 0) is 68.6 Å². The van der Waals surface area contributed by atoms with Gasteiger partial charge in [0.05, 0.1) is 11.3 Å². The second-order valence-electron chi connectivity index (χ2n) is 9.33. The van der Waals surface area contributed by atoms with Gasteiger partial charge in [-0.25, -0.2) is 4.98 Å². The van der Waals surface area contributed by atoms with Crippen molar-refractivity contribution in [3.63, 3.8) is 0 Å². The fourth-order valence-electron chi connectivity index (χ4n) is 4.68. The summed E-state index contributed by atoms with van der Waals surface area (Å²) in [7, 11) is 0. The lowest BCUT2D eigenvalue weighted by atomic mass is 9.96. The number of fused-ring (bicyclic) bond motifs is 2. The highest BCUT2D eigenvalue weighted by Crippen LogP contribution is 2.39. The first-order valence-electron chi connectivity index (χ1n) is 12.1. The van der Waals surface area contributed by atoms with Crippen LogP contribution < -0.4 is 10.2 Å². The van der Waals surface area contributed by atoms with Crippen LogP contribution in [0.1, 0.15) is 34.3 Å². The summed E-state index contributed by atoms with van der Waals surface area (Å²) in [6.07, 6.45) is 3.82. The molecule has 180 valence electrons. The van der Waals surface area contributed by atoms with Gasteiger partial charge in [0.15, 0.2) is 0 Å². The summed E-state index contributed by atoms with van der Waals surface area (Å²) < 4.78 is 0. The van der Waals surface area contributed by atoms with Crippen molar-refractivity contribution in [1.82, 2.24) is 15.2 Å². The first kappa shape index (κ1) is 23.6. The van der Waals surface area contributed by atoms with Crippen molar-refractivity contribution < 1.29 is 9.59 Å². The number of amides is 2. The average molecular weight is 487 g/mol. The van der Waals surface area contributed by atoms with Crippen molar-refractivity contribution in [2.45, 2.75) is 36.2 Å². The number of para-hydroxylation sites is 1. The third-order valence-corrected chi connectivity index (χ3v) is 7.82. The average Bonchev–Trinajstić information content (AvgIpc) is 2.99. The number of anilines is 1. The van der Waals surface area contributed by atoms with Crippen molar-refractivity contribution in [3.8, 4) is 0 Å². The molecule has 2 aromatic carbocycles. The van der Waals surface area contributed by atoms with E-state index in [0.717, 1.165) is 43.1 Å². The normalized spacial score (nSPS) is 16.4. The molecule has 1 N–H and O–H groups in total. The van der Waals surface area contributed by atoms with Gasteiger partial charge in [0, 0.05) is 24.2 Å². The zero-order valence-electron chi connectivity index (χ0n) is 19.9. The summed E-state index contributed by atoms with van der Waals surface area (Å²) >= 11 is 1.47. The van der Waals surface area contributed by atoms with Crippen LogP contribution in [0.15, 0.2) is 76.8 Å². The van der Waals surface area contributed by atoms with Crippen molar-refractivity contribution in [2.75, 3.05) is 31.1 Å². The van der Waals surface area contributed by atoms with Gasteiger partial charge in [0.1, 0.15) is 11.6 Å². The Kier molecular flexibility index (Phi) is 7.16. The molecule has 0 radical (unpaired) electrons. The van der Waals surface area contributed by atoms with Gasteiger partial charge in [-0.3, -0.25) is 19.4 Å². The molecule has 7 heteroatoms. The fourth-order valence-corrected chi connectivity index (χ4v) is 5.69. The number of carbonyl (C=O) groups is 2. The van der Waals surface area contributed by atoms with Gasteiger partial charge in [0.25, 0.3) is 5.91 Å². The Morgan fingerprint density at radius 2 is 1.83 bits per heavy atom. The molecule has 1 saturated heterocycles. The van der Waals surface area contributed by atoms with E-state index in [0.29, 0.717) is 23.1 Å². The third kappa shape index (κ3) is 5.57. The minimum atomic E-state index is -0.190. The van der Waals surface area contributed by atoms with E-state index in [1.165, 1.54) is 22.9 Å². The standard InChI is InChI=1S/C28H30N4O2S/c1-20-8-10-22(11-9-20)18-31-15-12-21(13-16-31)17-30-26(33)19-32-24-6-2-3-7-25(24)35-27-23(28(32)34)5-4-14-29-27/h2-11,14,21H,12-13,15-19H2,1H3,(H,30,33). The maximum Gasteiger partial charge on any atom is 0.261 e. The van der Waals surface area contributed by atoms with Crippen molar-refractivity contribution in [1.29, 1.82) is 0 Å². The van der Waals surface area contributed by atoms with E-state index >= 15 is 0 Å². The number of benzene rings is 2. The molecular formula is C28H30N4O2S. The molecule has 0 aliphatic carbocycles. The highest BCUT2D eigenvalue weighted by Gasteiger charge is 2.29. The van der Waals surface area contributed by atoms with Crippen LogP contribution in [0.3, 0.4) is 0 Å². The van der Waals surface area contributed by atoms with E-state index in [1.54, 1.807) is 23.2 Å². The summed E-state index contributed by atoms with van der Waals surface area (Å²) in [5, 5.41) is 3.76. The minimum Gasteiger partial charge on any atom is -0.354 e. The topological polar surface area (TPSA) is 65.5 Å². The number of nitrogens with zero attached hydrogens (tertiary/aromatic N) is 3. The van der Waals surface area contributed by atoms with E-state index in [9.17, 15) is 9.59 Å². The summed E-state index contributed by atoms with van der Waals surface area (Å²) in [5.74, 6) is 0.138. The Labute approximate surface area is 210 Å². The summed E-state index contributed by atoms with van der Waals surface area (Å²) in [4.78, 5) is 35.6. The Hall–Kier alpha value is -3.16. The monoisotopic (exact) mass is 486 g/mol. The second-order valence-corrected chi connectivity index (χ2v) is 10.4. The number of aryl methyl sites for hydroxylation is 1. The SMILES string of the molecule is Cc1ccc(CN2CCC(CNC(=O)CN3C(=O)c4cccnc4Sc4ccccc43)CC2)cc1. The maximum absolute atomic E-state index is 13.3. The summed E-state index contributed by atoms with van der Waals surface area (Å²) in [6.45, 7) is 5.80. The van der Waals surface area contributed by atoms with Crippen LogP contribution in [0.25, 0.3) is 0 Å². The molecule has 0 atom stereocenters. The van der Waals surface area contributed by atoms with Crippen molar-refractivity contribution in [3.05, 3.63) is 83.6 Å². The van der Waals surface area contributed by atoms with Crippen LogP contribution in [-0.2, 0) is 11.3 Å². The Bertz CT molecular complexity index is 1210. The Morgan fingerprint density at radius 3 is 2.63 bits per heavy atom. The highest BCUT2D eigenvalue weighted by atomic mass is 32.2. The van der Waals surface area contributed by atoms with Crippen LogP contribution in [0.2, 0.25) is 0 Å². The highest BCUT2D eigenvalue weighted by molar-refractivity contribution is 7.99. The molecule has 1 aromatic heterocycles. The quantitative estimate of drug-likeness (QED) is 0.555. The number of piperidine rings is 1. The van der Waals surface area contributed by atoms with Crippen LogP contribution in [0.4, 0.5) is 5.69 Å². The van der Waals surface area contributed by atoms with Gasteiger partial charge < -0.3 is 5.32 Å². The molecule has 35 heavy (non-hydrogen) atoms. The van der Waals surface area contributed by atoms with E-state index in [-0.39, 0.29) is 18.4 Å². The molecule has 6 nitrogen and oxygen atoms in total. The third-order valence-electron chi connectivity index (χ3n) is 6.73. The largest absolute Gasteiger partial charge is 0.354 e. The van der Waals surface area contributed by atoms with Gasteiger partial charge >= 0.3 is 0 Å². The Morgan fingerprint density at radius 1 is 1.06 bits per heavy atom. The molecule has 3 aromatic rings. The number of likely N-dealkylation sites (tertiary alicyclic amines) is 1. The number of hydrogen-bond acceptors (Lipinski definition) is 5. The lowest BCUT2D eigenvalue weighted by molar-refractivity contribution is -0.120. The lowest BCUT2D eigenvalue weighted by Crippen LogP contribution is -2.43. The Balaban J connectivity index is 1.16. The number of aromatic nitrogens is 1. The van der Waals surface area contributed by atoms with Crippen LogP contribution in [0, 0.1) is 12.8 Å². The molecule has 3 heterocycles. The smallest absolute Gasteiger partial charge is 0.261 e. The van der Waals surface area contributed by atoms with Gasteiger partial charge in [-0.2, -0.15) is 0 Å². The molecule has 5 rings (SSSR count). The zero-order valence-corrected chi connectivity index (χ0v) is 20.8. The number of carbonyl (C=O) groups excluding carboxylic acids is 2. The molecule has 2 aliphatic heterocycles. The predicted molar refractivity (Wildman–Crippen MR) is 139 cm³/mol. The lowest BCUT2D eigenvalue weighted by Gasteiger charge is -2.32. The zero-order chi connectivity index (χ0) is 24.2. The van der Waals surface area contributed by atoms with E-state index in [1.807, 2.05) is 24.3 Å². The first-order chi connectivity index (χ1) is 17.1. The molecule has 2 aliphatic rings. The molecule has 0 unspecified atom stereocenters. The summed E-state index contributed by atoms with van der Waals surface area (Å²) in [6, 6.07) is 20.0. The van der Waals surface area contributed by atoms with Gasteiger partial charge in [-0.1, -0.05) is 53.7 Å². The first-order valence-corrected chi connectivity index (χ1v) is 13.0. The second kappa shape index (κ2) is 10.6. The number of hydrogen-bond donors (Lipinski definition) is 1. The van der Waals surface area contributed by atoms with Gasteiger partial charge in [-0.15, -0.1) is 0 Å². The van der Waals surface area contributed by atoms with E-state index < -0.39 is 0 Å². The number of pyridine rings is 1. The minimum absolute atomic E-state index is 0.00297. The molecule has 0 spiro atoms. The predicted octanol–water partition coefficient (Wildman–Crippen LogP) is 4.53. The van der Waals surface area contributed by atoms with E-state index in [2.05, 4.69) is 46.4 Å². The molecule has 0 saturated carbocycles. The van der Waals surface area contributed by atoms with E-state index in [4.69, 9.17) is 0 Å². The van der Waals surface area contributed by atoms with Gasteiger partial charge in [0.2, 0.25) is 5.91 Å². The van der Waals surface area contributed by atoms with Crippen LogP contribution in [0.5, 0.6) is 0 Å².